The summed E-state index contributed by atoms with van der Waals surface area (Å²) in [5.41, 5.74) is 1.96. The molecule has 0 unspecified atom stereocenters. The van der Waals surface area contributed by atoms with Crippen LogP contribution in [0, 0.1) is 0 Å². The Bertz CT molecular complexity index is 1250. The first-order valence-corrected chi connectivity index (χ1v) is 9.77. The number of hydrogen-bond donors (Lipinski definition) is 0. The number of benzene rings is 3. The fraction of sp³-hybridized carbons (Fsp3) is 0. The molecule has 5 rings (SSSR count). The fourth-order valence-electron chi connectivity index (χ4n) is 3.06. The van der Waals surface area contributed by atoms with Crippen molar-refractivity contribution >= 4 is 47.4 Å². The van der Waals surface area contributed by atoms with Gasteiger partial charge in [-0.2, -0.15) is 0 Å². The standard InChI is InChI=1S/C21H12BrN3S/c22-21-24-19(13-6-2-1-3-7-13)23-20(25-21)14-10-11-18-16(12-14)15-8-4-5-9-17(15)26-18/h1-12H. The lowest BCUT2D eigenvalue weighted by atomic mass is 10.1. The van der Waals surface area contributed by atoms with Gasteiger partial charge in [0.05, 0.1) is 0 Å². The van der Waals surface area contributed by atoms with E-state index in [1.807, 2.05) is 30.3 Å². The third kappa shape index (κ3) is 2.69. The van der Waals surface area contributed by atoms with Gasteiger partial charge in [-0.25, -0.2) is 15.0 Å². The number of aromatic nitrogens is 3. The van der Waals surface area contributed by atoms with Crippen LogP contribution >= 0.6 is 27.3 Å². The Kier molecular flexibility index (Phi) is 3.76. The molecule has 0 radical (unpaired) electrons. The molecule has 0 aliphatic heterocycles. The minimum absolute atomic E-state index is 0.539. The van der Waals surface area contributed by atoms with Gasteiger partial charge in [0, 0.05) is 31.3 Å². The van der Waals surface area contributed by atoms with Crippen molar-refractivity contribution in [2.45, 2.75) is 0 Å². The number of hydrogen-bond acceptors (Lipinski definition) is 4. The molecule has 5 heteroatoms. The van der Waals surface area contributed by atoms with Crippen LogP contribution in [-0.2, 0) is 0 Å². The van der Waals surface area contributed by atoms with Crippen LogP contribution in [0.2, 0.25) is 0 Å². The Balaban J connectivity index is 1.70. The van der Waals surface area contributed by atoms with E-state index in [0.29, 0.717) is 16.4 Å². The predicted molar refractivity (Wildman–Crippen MR) is 111 cm³/mol. The van der Waals surface area contributed by atoms with Crippen molar-refractivity contribution in [1.29, 1.82) is 0 Å². The van der Waals surface area contributed by atoms with Gasteiger partial charge in [-0.15, -0.1) is 11.3 Å². The van der Waals surface area contributed by atoms with Crippen molar-refractivity contribution in [2.75, 3.05) is 0 Å². The molecule has 3 aromatic carbocycles. The molecule has 0 saturated carbocycles. The molecule has 0 aliphatic carbocycles. The summed E-state index contributed by atoms with van der Waals surface area (Å²) >= 11 is 5.24. The van der Waals surface area contributed by atoms with E-state index in [9.17, 15) is 0 Å². The summed E-state index contributed by atoms with van der Waals surface area (Å²) in [6, 6.07) is 24.8. The highest BCUT2D eigenvalue weighted by molar-refractivity contribution is 9.10. The van der Waals surface area contributed by atoms with Crippen LogP contribution in [0.25, 0.3) is 42.9 Å². The number of thiophene rings is 1. The first-order chi connectivity index (χ1) is 12.8. The van der Waals surface area contributed by atoms with Gasteiger partial charge < -0.3 is 0 Å². The van der Waals surface area contributed by atoms with E-state index >= 15 is 0 Å². The highest BCUT2D eigenvalue weighted by atomic mass is 79.9. The van der Waals surface area contributed by atoms with Gasteiger partial charge in [0.1, 0.15) is 0 Å². The Labute approximate surface area is 162 Å². The maximum absolute atomic E-state index is 4.70. The monoisotopic (exact) mass is 417 g/mol. The highest BCUT2D eigenvalue weighted by Gasteiger charge is 2.11. The number of nitrogens with zero attached hydrogens (tertiary/aromatic N) is 3. The van der Waals surface area contributed by atoms with Crippen LogP contribution in [0.15, 0.2) is 77.5 Å². The summed E-state index contributed by atoms with van der Waals surface area (Å²) < 4.78 is 3.10. The molecule has 0 bridgehead atoms. The SMILES string of the molecule is Brc1nc(-c2ccccc2)nc(-c2ccc3sc4ccccc4c3c2)n1. The van der Waals surface area contributed by atoms with Gasteiger partial charge in [0.15, 0.2) is 11.6 Å². The zero-order chi connectivity index (χ0) is 17.5. The molecule has 3 nitrogen and oxygen atoms in total. The second-order valence-electron chi connectivity index (χ2n) is 5.93. The molecule has 5 aromatic rings. The van der Waals surface area contributed by atoms with Crippen molar-refractivity contribution < 1.29 is 0 Å². The Morgan fingerprint density at radius 3 is 2.15 bits per heavy atom. The first-order valence-electron chi connectivity index (χ1n) is 8.16. The minimum atomic E-state index is 0.539. The molecule has 0 N–H and O–H groups in total. The summed E-state index contributed by atoms with van der Waals surface area (Å²) in [5, 5.41) is 2.51. The molecular weight excluding hydrogens is 406 g/mol. The van der Waals surface area contributed by atoms with E-state index < -0.39 is 0 Å². The maximum Gasteiger partial charge on any atom is 0.200 e. The van der Waals surface area contributed by atoms with Crippen LogP contribution in [0.3, 0.4) is 0 Å². The molecule has 2 heterocycles. The molecule has 0 atom stereocenters. The molecule has 0 fully saturated rings. The highest BCUT2D eigenvalue weighted by Crippen LogP contribution is 2.35. The predicted octanol–water partition coefficient (Wildman–Crippen LogP) is 6.34. The zero-order valence-corrected chi connectivity index (χ0v) is 16.0. The maximum atomic E-state index is 4.70. The third-order valence-electron chi connectivity index (χ3n) is 4.28. The van der Waals surface area contributed by atoms with Gasteiger partial charge in [0.25, 0.3) is 0 Å². The Hall–Kier alpha value is -2.63. The molecule has 0 amide bonds. The topological polar surface area (TPSA) is 38.7 Å². The number of halogens is 1. The largest absolute Gasteiger partial charge is 0.208 e. The van der Waals surface area contributed by atoms with Gasteiger partial charge in [0.2, 0.25) is 4.73 Å². The van der Waals surface area contributed by atoms with Crippen LogP contribution in [0.5, 0.6) is 0 Å². The van der Waals surface area contributed by atoms with E-state index in [-0.39, 0.29) is 0 Å². The van der Waals surface area contributed by atoms with Crippen molar-refractivity contribution in [3.8, 4) is 22.8 Å². The summed E-state index contributed by atoms with van der Waals surface area (Å²) in [7, 11) is 0. The summed E-state index contributed by atoms with van der Waals surface area (Å²) in [6.07, 6.45) is 0. The number of rotatable bonds is 2. The summed E-state index contributed by atoms with van der Waals surface area (Å²) in [4.78, 5) is 13.6. The molecule has 0 saturated heterocycles. The van der Waals surface area contributed by atoms with Crippen LogP contribution in [0.1, 0.15) is 0 Å². The van der Waals surface area contributed by atoms with E-state index in [4.69, 9.17) is 4.98 Å². The molecular formula is C21H12BrN3S. The minimum Gasteiger partial charge on any atom is -0.208 e. The lowest BCUT2D eigenvalue weighted by molar-refractivity contribution is 1.03. The first kappa shape index (κ1) is 15.6. The van der Waals surface area contributed by atoms with Crippen molar-refractivity contribution in [3.05, 3.63) is 77.5 Å². The molecule has 0 spiro atoms. The lowest BCUT2D eigenvalue weighted by Crippen LogP contribution is -1.97. The quantitative estimate of drug-likeness (QED) is 0.336. The van der Waals surface area contributed by atoms with E-state index in [2.05, 4.69) is 68.4 Å². The molecule has 124 valence electrons. The number of fused-ring (bicyclic) bond motifs is 3. The Morgan fingerprint density at radius 1 is 0.615 bits per heavy atom. The normalized spacial score (nSPS) is 11.3. The van der Waals surface area contributed by atoms with Crippen molar-refractivity contribution in [1.82, 2.24) is 15.0 Å². The smallest absolute Gasteiger partial charge is 0.200 e. The van der Waals surface area contributed by atoms with E-state index in [1.165, 1.54) is 20.2 Å². The molecule has 26 heavy (non-hydrogen) atoms. The van der Waals surface area contributed by atoms with E-state index in [1.54, 1.807) is 11.3 Å². The zero-order valence-electron chi connectivity index (χ0n) is 13.6. The summed E-state index contributed by atoms with van der Waals surface area (Å²) in [6.45, 7) is 0. The summed E-state index contributed by atoms with van der Waals surface area (Å²) in [5.74, 6) is 1.33. The van der Waals surface area contributed by atoms with Crippen molar-refractivity contribution in [2.24, 2.45) is 0 Å². The molecule has 0 aliphatic rings. The van der Waals surface area contributed by atoms with Crippen molar-refractivity contribution in [3.63, 3.8) is 0 Å². The van der Waals surface area contributed by atoms with Gasteiger partial charge in [-0.05, 0) is 40.2 Å². The van der Waals surface area contributed by atoms with Gasteiger partial charge in [-0.1, -0.05) is 48.5 Å². The fourth-order valence-corrected chi connectivity index (χ4v) is 4.48. The average Bonchev–Trinajstić information content (AvgIpc) is 3.06. The van der Waals surface area contributed by atoms with Gasteiger partial charge >= 0.3 is 0 Å². The van der Waals surface area contributed by atoms with E-state index in [0.717, 1.165) is 11.1 Å². The lowest BCUT2D eigenvalue weighted by Gasteiger charge is -2.05. The third-order valence-corrected chi connectivity index (χ3v) is 5.78. The second-order valence-corrected chi connectivity index (χ2v) is 7.72. The average molecular weight is 418 g/mol. The van der Waals surface area contributed by atoms with Crippen LogP contribution < -0.4 is 0 Å². The van der Waals surface area contributed by atoms with Crippen LogP contribution in [-0.4, -0.2) is 15.0 Å². The second kappa shape index (κ2) is 6.27. The van der Waals surface area contributed by atoms with Gasteiger partial charge in [-0.3, -0.25) is 0 Å². The Morgan fingerprint density at radius 2 is 1.31 bits per heavy atom. The van der Waals surface area contributed by atoms with Crippen LogP contribution in [0.4, 0.5) is 0 Å². The molecule has 2 aromatic heterocycles.